The highest BCUT2D eigenvalue weighted by Crippen LogP contribution is 2.16. The number of aryl methyl sites for hydroxylation is 3. The van der Waals surface area contributed by atoms with Crippen LogP contribution in [0.1, 0.15) is 47.5 Å². The van der Waals surface area contributed by atoms with E-state index >= 15 is 0 Å². The minimum atomic E-state index is 0.0165. The molecule has 1 amide bonds. The van der Waals surface area contributed by atoms with Crippen molar-refractivity contribution in [3.05, 3.63) is 52.4 Å². The zero-order valence-corrected chi connectivity index (χ0v) is 13.1. The van der Waals surface area contributed by atoms with Gasteiger partial charge in [-0.1, -0.05) is 35.0 Å². The summed E-state index contributed by atoms with van der Waals surface area (Å²) in [4.78, 5) is 12.0. The first-order valence-electron chi connectivity index (χ1n) is 7.25. The van der Waals surface area contributed by atoms with E-state index in [2.05, 4.69) is 41.7 Å². The summed E-state index contributed by atoms with van der Waals surface area (Å²) in [6.07, 6.45) is 1.10. The van der Waals surface area contributed by atoms with Gasteiger partial charge < -0.3 is 9.84 Å². The number of benzene rings is 1. The Bertz CT molecular complexity index is 595. The molecule has 1 aromatic carbocycles. The molecule has 1 N–H and O–H groups in total. The van der Waals surface area contributed by atoms with Gasteiger partial charge in [0.15, 0.2) is 0 Å². The molecule has 112 valence electrons. The summed E-state index contributed by atoms with van der Waals surface area (Å²) in [5.74, 6) is 0.843. The van der Waals surface area contributed by atoms with E-state index < -0.39 is 0 Å². The van der Waals surface area contributed by atoms with Crippen molar-refractivity contribution in [3.8, 4) is 0 Å². The second kappa shape index (κ2) is 6.57. The molecule has 1 unspecified atom stereocenters. The molecule has 1 heterocycles. The topological polar surface area (TPSA) is 55.1 Å². The third-order valence-electron chi connectivity index (χ3n) is 3.74. The van der Waals surface area contributed by atoms with E-state index in [9.17, 15) is 4.79 Å². The zero-order chi connectivity index (χ0) is 15.4. The van der Waals surface area contributed by atoms with E-state index in [1.54, 1.807) is 0 Å². The lowest BCUT2D eigenvalue weighted by Crippen LogP contribution is -2.26. The van der Waals surface area contributed by atoms with Crippen molar-refractivity contribution in [2.75, 3.05) is 0 Å². The van der Waals surface area contributed by atoms with Crippen molar-refractivity contribution in [2.24, 2.45) is 0 Å². The lowest BCUT2D eigenvalue weighted by atomic mass is 10.1. The molecule has 0 radical (unpaired) electrons. The predicted molar refractivity (Wildman–Crippen MR) is 82.0 cm³/mol. The zero-order valence-electron chi connectivity index (χ0n) is 13.1. The molecular weight excluding hydrogens is 264 g/mol. The summed E-state index contributed by atoms with van der Waals surface area (Å²) in [5, 5.41) is 6.93. The smallest absolute Gasteiger partial charge is 0.220 e. The van der Waals surface area contributed by atoms with Crippen LogP contribution in [0.25, 0.3) is 0 Å². The number of hydrogen-bond acceptors (Lipinski definition) is 3. The molecule has 1 atom stereocenters. The van der Waals surface area contributed by atoms with E-state index in [1.807, 2.05) is 20.8 Å². The number of nitrogens with zero attached hydrogens (tertiary/aromatic N) is 1. The van der Waals surface area contributed by atoms with Crippen LogP contribution in [0.2, 0.25) is 0 Å². The Hall–Kier alpha value is -2.10. The van der Waals surface area contributed by atoms with Gasteiger partial charge in [0, 0.05) is 12.0 Å². The molecule has 0 spiro atoms. The van der Waals surface area contributed by atoms with E-state index in [1.165, 1.54) is 5.56 Å². The molecule has 0 aliphatic carbocycles. The number of nitrogens with one attached hydrogen (secondary N) is 1. The van der Waals surface area contributed by atoms with Crippen LogP contribution in [0.3, 0.4) is 0 Å². The average Bonchev–Trinajstić information content (AvgIpc) is 2.76. The molecule has 0 saturated heterocycles. The average molecular weight is 286 g/mol. The van der Waals surface area contributed by atoms with Crippen molar-refractivity contribution in [3.63, 3.8) is 0 Å². The highest BCUT2D eigenvalue weighted by atomic mass is 16.5. The van der Waals surface area contributed by atoms with Gasteiger partial charge >= 0.3 is 0 Å². The minimum absolute atomic E-state index is 0.0165. The first-order chi connectivity index (χ1) is 9.97. The molecule has 4 heteroatoms. The molecule has 0 bridgehead atoms. The van der Waals surface area contributed by atoms with Crippen LogP contribution in [0, 0.1) is 20.8 Å². The molecule has 21 heavy (non-hydrogen) atoms. The number of aromatic nitrogens is 1. The Morgan fingerprint density at radius 3 is 2.48 bits per heavy atom. The van der Waals surface area contributed by atoms with Gasteiger partial charge in [-0.3, -0.25) is 4.79 Å². The third kappa shape index (κ3) is 3.94. The van der Waals surface area contributed by atoms with Gasteiger partial charge in [-0.25, -0.2) is 0 Å². The molecular formula is C17H22N2O2. The SMILES string of the molecule is Cc1ccc(C(C)NC(=O)CCc2c(C)noc2C)cc1. The van der Waals surface area contributed by atoms with Crippen LogP contribution in [0.5, 0.6) is 0 Å². The summed E-state index contributed by atoms with van der Waals surface area (Å²) < 4.78 is 5.11. The Kier molecular flexibility index (Phi) is 4.78. The monoisotopic (exact) mass is 286 g/mol. The fraction of sp³-hybridized carbons (Fsp3) is 0.412. The summed E-state index contributed by atoms with van der Waals surface area (Å²) >= 11 is 0. The number of hydrogen-bond donors (Lipinski definition) is 1. The van der Waals surface area contributed by atoms with Crippen LogP contribution in [-0.2, 0) is 11.2 Å². The molecule has 4 nitrogen and oxygen atoms in total. The maximum Gasteiger partial charge on any atom is 0.220 e. The molecule has 0 fully saturated rings. The van der Waals surface area contributed by atoms with Crippen molar-refractivity contribution in [2.45, 2.75) is 46.6 Å². The quantitative estimate of drug-likeness (QED) is 0.916. The van der Waals surface area contributed by atoms with Crippen LogP contribution < -0.4 is 5.32 Å². The normalized spacial score (nSPS) is 12.2. The third-order valence-corrected chi connectivity index (χ3v) is 3.74. The van der Waals surface area contributed by atoms with Gasteiger partial charge in [-0.15, -0.1) is 0 Å². The summed E-state index contributed by atoms with van der Waals surface area (Å²) in [5.41, 5.74) is 4.24. The first kappa shape index (κ1) is 15.3. The highest BCUT2D eigenvalue weighted by molar-refractivity contribution is 5.76. The summed E-state index contributed by atoms with van der Waals surface area (Å²) in [6.45, 7) is 7.83. The van der Waals surface area contributed by atoms with Crippen molar-refractivity contribution < 1.29 is 9.32 Å². The largest absolute Gasteiger partial charge is 0.361 e. The van der Waals surface area contributed by atoms with Gasteiger partial charge in [0.25, 0.3) is 0 Å². The number of carbonyl (C=O) groups excluding carboxylic acids is 1. The van der Waals surface area contributed by atoms with Crippen LogP contribution >= 0.6 is 0 Å². The Balaban J connectivity index is 1.88. The summed E-state index contributed by atoms with van der Waals surface area (Å²) in [7, 11) is 0. The maximum absolute atomic E-state index is 12.0. The lowest BCUT2D eigenvalue weighted by Gasteiger charge is -2.14. The van der Waals surface area contributed by atoms with E-state index in [0.29, 0.717) is 12.8 Å². The fourth-order valence-corrected chi connectivity index (χ4v) is 2.35. The Labute approximate surface area is 125 Å². The summed E-state index contributed by atoms with van der Waals surface area (Å²) in [6, 6.07) is 8.23. The van der Waals surface area contributed by atoms with Gasteiger partial charge in [0.1, 0.15) is 5.76 Å². The first-order valence-corrected chi connectivity index (χ1v) is 7.25. The number of rotatable bonds is 5. The molecule has 0 aliphatic rings. The number of carbonyl (C=O) groups is 1. The maximum atomic E-state index is 12.0. The minimum Gasteiger partial charge on any atom is -0.361 e. The molecule has 2 aromatic rings. The van der Waals surface area contributed by atoms with Crippen LogP contribution in [-0.4, -0.2) is 11.1 Å². The van der Waals surface area contributed by atoms with Gasteiger partial charge in [0.2, 0.25) is 5.91 Å². The van der Waals surface area contributed by atoms with Gasteiger partial charge in [-0.05, 0) is 39.7 Å². The Morgan fingerprint density at radius 2 is 1.90 bits per heavy atom. The fourth-order valence-electron chi connectivity index (χ4n) is 2.35. The van der Waals surface area contributed by atoms with Crippen molar-refractivity contribution in [1.82, 2.24) is 10.5 Å². The standard InChI is InChI=1S/C17H22N2O2/c1-11-5-7-15(8-6-11)12(2)18-17(20)10-9-16-13(3)19-21-14(16)4/h5-8,12H,9-10H2,1-4H3,(H,18,20). The van der Waals surface area contributed by atoms with Crippen molar-refractivity contribution in [1.29, 1.82) is 0 Å². The van der Waals surface area contributed by atoms with E-state index in [0.717, 1.165) is 22.6 Å². The molecule has 1 aromatic heterocycles. The van der Waals surface area contributed by atoms with Crippen molar-refractivity contribution >= 4 is 5.91 Å². The second-order valence-corrected chi connectivity index (χ2v) is 5.50. The van der Waals surface area contributed by atoms with Gasteiger partial charge in [-0.2, -0.15) is 0 Å². The Morgan fingerprint density at radius 1 is 1.24 bits per heavy atom. The van der Waals surface area contributed by atoms with Crippen LogP contribution in [0.4, 0.5) is 0 Å². The number of amides is 1. The van der Waals surface area contributed by atoms with Crippen LogP contribution in [0.15, 0.2) is 28.8 Å². The molecule has 2 rings (SSSR count). The van der Waals surface area contributed by atoms with E-state index in [-0.39, 0.29) is 11.9 Å². The predicted octanol–water partition coefficient (Wildman–Crippen LogP) is 3.41. The molecule has 0 aliphatic heterocycles. The molecule has 0 saturated carbocycles. The lowest BCUT2D eigenvalue weighted by molar-refractivity contribution is -0.121. The van der Waals surface area contributed by atoms with Gasteiger partial charge in [0.05, 0.1) is 11.7 Å². The highest BCUT2D eigenvalue weighted by Gasteiger charge is 2.13. The van der Waals surface area contributed by atoms with E-state index in [4.69, 9.17) is 4.52 Å². The second-order valence-electron chi connectivity index (χ2n) is 5.50.